The van der Waals surface area contributed by atoms with E-state index in [1.165, 1.54) is 5.57 Å². The third kappa shape index (κ3) is 1.51. The molecule has 3 rings (SSSR count). The number of ether oxygens (including phenoxy) is 1. The molecule has 3 aliphatic rings. The number of allylic oxidation sites excluding steroid dienone is 1. The zero-order valence-electron chi connectivity index (χ0n) is 11.8. The van der Waals surface area contributed by atoms with E-state index in [1.54, 1.807) is 0 Å². The summed E-state index contributed by atoms with van der Waals surface area (Å²) in [6, 6.07) is 0. The van der Waals surface area contributed by atoms with Gasteiger partial charge in [-0.3, -0.25) is 0 Å². The van der Waals surface area contributed by atoms with Crippen LogP contribution in [0.15, 0.2) is 23.8 Å². The minimum atomic E-state index is -0.579. The van der Waals surface area contributed by atoms with Gasteiger partial charge in [-0.25, -0.2) is 4.79 Å². The van der Waals surface area contributed by atoms with Crippen LogP contribution >= 0.6 is 0 Å². The minimum absolute atomic E-state index is 0.194. The first-order valence-electron chi connectivity index (χ1n) is 7.12. The van der Waals surface area contributed by atoms with Crippen molar-refractivity contribution in [3.8, 4) is 0 Å². The number of carbonyl (C=O) groups is 1. The number of esters is 1. The molecular formula is C16H22O3. The topological polar surface area (TPSA) is 46.5 Å². The fourth-order valence-electron chi connectivity index (χ4n) is 4.48. The molecule has 1 saturated heterocycles. The van der Waals surface area contributed by atoms with E-state index >= 15 is 0 Å². The molecule has 1 N–H and O–H groups in total. The average molecular weight is 262 g/mol. The highest BCUT2D eigenvalue weighted by molar-refractivity contribution is 5.91. The molecule has 0 amide bonds. The quantitative estimate of drug-likeness (QED) is 0.414. The van der Waals surface area contributed by atoms with Crippen molar-refractivity contribution in [3.05, 3.63) is 23.8 Å². The lowest BCUT2D eigenvalue weighted by molar-refractivity contribution is -0.139. The zero-order valence-corrected chi connectivity index (χ0v) is 11.8. The Hall–Kier alpha value is -1.09. The second kappa shape index (κ2) is 3.95. The van der Waals surface area contributed by atoms with Crippen molar-refractivity contribution in [2.24, 2.45) is 23.2 Å². The van der Waals surface area contributed by atoms with E-state index in [9.17, 15) is 9.90 Å². The Kier molecular flexibility index (Phi) is 2.69. The summed E-state index contributed by atoms with van der Waals surface area (Å²) in [5.41, 5.74) is 1.44. The van der Waals surface area contributed by atoms with E-state index in [0.29, 0.717) is 17.4 Å². The summed E-state index contributed by atoms with van der Waals surface area (Å²) < 4.78 is 5.43. The molecule has 2 aliphatic carbocycles. The average Bonchev–Trinajstić information content (AvgIpc) is 2.77. The third-order valence-electron chi connectivity index (χ3n) is 5.87. The molecule has 0 unspecified atom stereocenters. The third-order valence-corrected chi connectivity index (χ3v) is 5.87. The van der Waals surface area contributed by atoms with Crippen LogP contribution in [0.1, 0.15) is 33.6 Å². The van der Waals surface area contributed by atoms with Crippen molar-refractivity contribution in [2.75, 3.05) is 0 Å². The summed E-state index contributed by atoms with van der Waals surface area (Å²) in [5.74, 6) is 0.288. The molecule has 0 aromatic rings. The molecule has 3 heteroatoms. The molecule has 1 aliphatic heterocycles. The van der Waals surface area contributed by atoms with Crippen molar-refractivity contribution >= 4 is 5.97 Å². The van der Waals surface area contributed by atoms with Gasteiger partial charge >= 0.3 is 5.97 Å². The maximum Gasteiger partial charge on any atom is 0.334 e. The first kappa shape index (κ1) is 12.9. The van der Waals surface area contributed by atoms with E-state index in [4.69, 9.17) is 4.74 Å². The van der Waals surface area contributed by atoms with Crippen LogP contribution in [0.25, 0.3) is 0 Å². The lowest BCUT2D eigenvalue weighted by Crippen LogP contribution is -2.43. The first-order valence-corrected chi connectivity index (χ1v) is 7.12. The van der Waals surface area contributed by atoms with Crippen molar-refractivity contribution in [3.63, 3.8) is 0 Å². The Bertz CT molecular complexity index is 478. The standard InChI is InChI=1S/C16H22O3/c1-8-7-12-13(10(3)15(18)19-12)14(17)16(4)9(2)5-6-11(8)16/h5,8,11-14,17H,3,6-7H2,1-2,4H3/t8-,11+,12-,13-,14+,16-/m1/s1. The summed E-state index contributed by atoms with van der Waals surface area (Å²) in [6.45, 7) is 10.3. The fraction of sp³-hybridized carbons (Fsp3) is 0.688. The predicted molar refractivity (Wildman–Crippen MR) is 72.3 cm³/mol. The van der Waals surface area contributed by atoms with E-state index in [-0.39, 0.29) is 23.4 Å². The van der Waals surface area contributed by atoms with Crippen LogP contribution in [0.3, 0.4) is 0 Å². The molecule has 104 valence electrons. The van der Waals surface area contributed by atoms with Gasteiger partial charge in [-0.05, 0) is 31.6 Å². The molecule has 19 heavy (non-hydrogen) atoms. The minimum Gasteiger partial charge on any atom is -0.458 e. The summed E-state index contributed by atoms with van der Waals surface area (Å²) >= 11 is 0. The molecule has 1 saturated carbocycles. The highest BCUT2D eigenvalue weighted by Gasteiger charge is 2.57. The number of fused-ring (bicyclic) bond motifs is 2. The van der Waals surface area contributed by atoms with Crippen LogP contribution in [0.5, 0.6) is 0 Å². The van der Waals surface area contributed by atoms with Crippen LogP contribution in [0, 0.1) is 23.2 Å². The Morgan fingerprint density at radius 2 is 2.21 bits per heavy atom. The van der Waals surface area contributed by atoms with E-state index in [2.05, 4.69) is 33.4 Å². The lowest BCUT2D eigenvalue weighted by atomic mass is 9.66. The number of aliphatic hydroxyl groups excluding tert-OH is 1. The van der Waals surface area contributed by atoms with Gasteiger partial charge in [0.25, 0.3) is 0 Å². The van der Waals surface area contributed by atoms with Crippen LogP contribution in [0.2, 0.25) is 0 Å². The molecule has 0 aromatic heterocycles. The maximum atomic E-state index is 11.7. The van der Waals surface area contributed by atoms with Crippen molar-refractivity contribution in [1.29, 1.82) is 0 Å². The Labute approximate surface area is 114 Å². The summed E-state index contributed by atoms with van der Waals surface area (Å²) in [4.78, 5) is 11.7. The smallest absolute Gasteiger partial charge is 0.334 e. The Balaban J connectivity index is 2.07. The van der Waals surface area contributed by atoms with Crippen molar-refractivity contribution < 1.29 is 14.6 Å². The van der Waals surface area contributed by atoms with Gasteiger partial charge < -0.3 is 9.84 Å². The number of aliphatic hydroxyl groups is 1. The van der Waals surface area contributed by atoms with E-state index < -0.39 is 6.10 Å². The lowest BCUT2D eigenvalue weighted by Gasteiger charge is -2.40. The largest absolute Gasteiger partial charge is 0.458 e. The van der Waals surface area contributed by atoms with Gasteiger partial charge in [0.1, 0.15) is 6.10 Å². The SMILES string of the molecule is C=C1C(=O)O[C@@H]2C[C@@H](C)[C@@H]3CC=C(C)[C@@]3(C)[C@@H](O)[C@H]12. The van der Waals surface area contributed by atoms with E-state index in [0.717, 1.165) is 12.8 Å². The number of carbonyl (C=O) groups excluding carboxylic acids is 1. The van der Waals surface area contributed by atoms with Crippen LogP contribution < -0.4 is 0 Å². The van der Waals surface area contributed by atoms with E-state index in [1.807, 2.05) is 0 Å². The fourth-order valence-corrected chi connectivity index (χ4v) is 4.48. The molecule has 0 radical (unpaired) electrons. The number of rotatable bonds is 0. The van der Waals surface area contributed by atoms with Crippen molar-refractivity contribution in [2.45, 2.75) is 45.8 Å². The first-order chi connectivity index (χ1) is 8.87. The highest BCUT2D eigenvalue weighted by atomic mass is 16.6. The molecule has 0 aromatic carbocycles. The predicted octanol–water partition coefficient (Wildman–Crippen LogP) is 2.46. The van der Waals surface area contributed by atoms with Gasteiger partial charge in [0.05, 0.1) is 12.0 Å². The molecule has 3 nitrogen and oxygen atoms in total. The molecule has 6 atom stereocenters. The second-order valence-electron chi connectivity index (χ2n) is 6.66. The van der Waals surface area contributed by atoms with Gasteiger partial charge in [-0.2, -0.15) is 0 Å². The van der Waals surface area contributed by atoms with Gasteiger partial charge in [0, 0.05) is 11.0 Å². The monoisotopic (exact) mass is 262 g/mol. The molecule has 0 bridgehead atoms. The number of hydrogen-bond donors (Lipinski definition) is 1. The highest BCUT2D eigenvalue weighted by Crippen LogP contribution is 2.56. The summed E-state index contributed by atoms with van der Waals surface area (Å²) in [6.07, 6.45) is 3.31. The zero-order chi connectivity index (χ0) is 13.9. The van der Waals surface area contributed by atoms with Gasteiger partial charge in [0.2, 0.25) is 0 Å². The van der Waals surface area contributed by atoms with Gasteiger partial charge in [-0.1, -0.05) is 32.1 Å². The normalized spacial score (nSPS) is 49.3. The molecular weight excluding hydrogens is 240 g/mol. The summed E-state index contributed by atoms with van der Waals surface area (Å²) in [5, 5.41) is 10.9. The molecule has 1 heterocycles. The van der Waals surface area contributed by atoms with Crippen LogP contribution in [0.4, 0.5) is 0 Å². The van der Waals surface area contributed by atoms with Crippen LogP contribution in [-0.2, 0) is 9.53 Å². The Morgan fingerprint density at radius 3 is 2.89 bits per heavy atom. The Morgan fingerprint density at radius 1 is 1.53 bits per heavy atom. The summed E-state index contributed by atoms with van der Waals surface area (Å²) in [7, 11) is 0. The van der Waals surface area contributed by atoms with Crippen LogP contribution in [-0.4, -0.2) is 23.3 Å². The van der Waals surface area contributed by atoms with Gasteiger partial charge in [-0.15, -0.1) is 0 Å². The van der Waals surface area contributed by atoms with Gasteiger partial charge in [0.15, 0.2) is 0 Å². The van der Waals surface area contributed by atoms with Crippen molar-refractivity contribution in [1.82, 2.24) is 0 Å². The molecule has 0 spiro atoms. The molecule has 2 fully saturated rings. The maximum absolute atomic E-state index is 11.7. The number of hydrogen-bond acceptors (Lipinski definition) is 3. The second-order valence-corrected chi connectivity index (χ2v) is 6.66.